The molecule has 2 heterocycles. The van der Waals surface area contributed by atoms with Crippen LogP contribution in [0.3, 0.4) is 0 Å². The minimum atomic E-state index is -4.79. The summed E-state index contributed by atoms with van der Waals surface area (Å²) >= 11 is 1.15. The van der Waals surface area contributed by atoms with Gasteiger partial charge in [0.05, 0.1) is 23.7 Å². The summed E-state index contributed by atoms with van der Waals surface area (Å²) in [7, 11) is 0. The monoisotopic (exact) mass is 640 g/mol. The lowest BCUT2D eigenvalue weighted by Gasteiger charge is -2.22. The van der Waals surface area contributed by atoms with Crippen LogP contribution >= 0.6 is 11.8 Å². The van der Waals surface area contributed by atoms with Crippen LogP contribution < -0.4 is 15.0 Å². The number of halogens is 4. The largest absolute Gasteiger partial charge is 0.573 e. The van der Waals surface area contributed by atoms with Crippen molar-refractivity contribution in [1.29, 1.82) is 0 Å². The van der Waals surface area contributed by atoms with Gasteiger partial charge in [-0.1, -0.05) is 62.0 Å². The van der Waals surface area contributed by atoms with Crippen molar-refractivity contribution in [3.8, 4) is 22.8 Å². The van der Waals surface area contributed by atoms with Gasteiger partial charge >= 0.3 is 12.4 Å². The average molecular weight is 641 g/mol. The number of aromatic nitrogens is 3. The van der Waals surface area contributed by atoms with Gasteiger partial charge in [-0.3, -0.25) is 9.69 Å². The number of benzene rings is 3. The Bertz CT molecular complexity index is 1720. The number of alkyl halides is 4. The number of urea groups is 1. The quantitative estimate of drug-likeness (QED) is 0.206. The average Bonchev–Trinajstić information content (AvgIpc) is 3.62. The normalized spacial score (nSPS) is 15.2. The van der Waals surface area contributed by atoms with E-state index < -0.39 is 18.6 Å². The number of nitrogens with one attached hydrogen (secondary N) is 1. The molecule has 0 bridgehead atoms. The zero-order valence-electron chi connectivity index (χ0n) is 24.4. The number of carbonyl (C=O) groups excluding carboxylic acids is 2. The van der Waals surface area contributed by atoms with E-state index in [0.29, 0.717) is 28.3 Å². The van der Waals surface area contributed by atoms with Crippen LogP contribution in [0.2, 0.25) is 0 Å². The van der Waals surface area contributed by atoms with Gasteiger partial charge in [0, 0.05) is 5.56 Å². The Morgan fingerprint density at radius 1 is 1.09 bits per heavy atom. The smallest absolute Gasteiger partial charge is 0.406 e. The lowest BCUT2D eigenvalue weighted by atomic mass is 9.99. The summed E-state index contributed by atoms with van der Waals surface area (Å²) in [5.74, 6) is 0.0612. The highest BCUT2D eigenvalue weighted by Gasteiger charge is 2.33. The Morgan fingerprint density at radius 2 is 1.80 bits per heavy atom. The number of amidine groups is 1. The third kappa shape index (κ3) is 7.69. The predicted molar refractivity (Wildman–Crippen MR) is 163 cm³/mol. The number of rotatable bonds is 8. The van der Waals surface area contributed by atoms with Crippen LogP contribution in [0, 0.1) is 6.92 Å². The fourth-order valence-corrected chi connectivity index (χ4v) is 5.46. The van der Waals surface area contributed by atoms with Crippen molar-refractivity contribution in [2.45, 2.75) is 39.2 Å². The molecule has 1 saturated heterocycles. The third-order valence-corrected chi connectivity index (χ3v) is 7.72. The maximum atomic E-state index is 15.0. The van der Waals surface area contributed by atoms with Crippen molar-refractivity contribution in [2.24, 2.45) is 4.99 Å². The standard InChI is InChI=1S/C31H28F4N6O3S/c1-18(2)24-13-4-19(3)14-26(24)41-27(42)16-45-30(41)38-29(43)36-15-25(32)20-5-7-21(8-6-20)28-37-17-40(39-28)22-9-11-23(12-10-22)44-31(33,34)35/h4-14,17-18,25H,15-16H2,1-3H3,(H,36,43)/b38-30-. The molecule has 0 saturated carbocycles. The lowest BCUT2D eigenvalue weighted by Crippen LogP contribution is -2.32. The van der Waals surface area contributed by atoms with Crippen molar-refractivity contribution in [3.63, 3.8) is 0 Å². The van der Waals surface area contributed by atoms with Crippen LogP contribution in [-0.4, -0.2) is 50.5 Å². The third-order valence-electron chi connectivity index (χ3n) is 6.80. The van der Waals surface area contributed by atoms with E-state index in [0.717, 1.165) is 22.9 Å². The van der Waals surface area contributed by atoms with Gasteiger partial charge in [0.1, 0.15) is 18.2 Å². The Hall–Kier alpha value is -4.72. The van der Waals surface area contributed by atoms with E-state index >= 15 is 4.39 Å². The Morgan fingerprint density at radius 3 is 2.47 bits per heavy atom. The fraction of sp³-hybridized carbons (Fsp3) is 0.258. The van der Waals surface area contributed by atoms with Crippen LogP contribution in [0.5, 0.6) is 5.75 Å². The molecule has 9 nitrogen and oxygen atoms in total. The van der Waals surface area contributed by atoms with Gasteiger partial charge in [-0.2, -0.15) is 4.99 Å². The van der Waals surface area contributed by atoms with Gasteiger partial charge in [-0.15, -0.1) is 18.3 Å². The molecular formula is C31H28F4N6O3S. The first-order valence-corrected chi connectivity index (χ1v) is 14.8. The molecule has 0 spiro atoms. The van der Waals surface area contributed by atoms with Crippen molar-refractivity contribution in [3.05, 3.63) is 89.7 Å². The van der Waals surface area contributed by atoms with Crippen LogP contribution in [0.25, 0.3) is 17.1 Å². The van der Waals surface area contributed by atoms with Crippen molar-refractivity contribution < 1.29 is 31.9 Å². The first kappa shape index (κ1) is 31.7. The maximum absolute atomic E-state index is 15.0. The number of hydrogen-bond donors (Lipinski definition) is 1. The van der Waals surface area contributed by atoms with Gasteiger partial charge < -0.3 is 10.1 Å². The Labute approximate surface area is 260 Å². The molecule has 234 valence electrons. The second kappa shape index (κ2) is 13.1. The van der Waals surface area contributed by atoms with Crippen LogP contribution in [0.4, 0.5) is 28.0 Å². The molecule has 1 unspecified atom stereocenters. The number of nitrogens with zero attached hydrogens (tertiary/aromatic N) is 5. The molecule has 0 radical (unpaired) electrons. The number of carbonyl (C=O) groups is 2. The Kier molecular flexibility index (Phi) is 9.23. The second-order valence-corrected chi connectivity index (χ2v) is 11.4. The lowest BCUT2D eigenvalue weighted by molar-refractivity contribution is -0.274. The molecule has 1 atom stereocenters. The zero-order valence-corrected chi connectivity index (χ0v) is 25.2. The van der Waals surface area contributed by atoms with Crippen LogP contribution in [0.15, 0.2) is 78.0 Å². The van der Waals surface area contributed by atoms with Crippen LogP contribution in [-0.2, 0) is 4.79 Å². The molecule has 1 fully saturated rings. The number of aryl methyl sites for hydroxylation is 1. The minimum Gasteiger partial charge on any atom is -0.406 e. The summed E-state index contributed by atoms with van der Waals surface area (Å²) in [5, 5.41) is 7.05. The minimum absolute atomic E-state index is 0.141. The van der Waals surface area contributed by atoms with Gasteiger partial charge in [0.25, 0.3) is 0 Å². The van der Waals surface area contributed by atoms with E-state index in [9.17, 15) is 22.8 Å². The molecular weight excluding hydrogens is 612 g/mol. The molecule has 0 aliphatic carbocycles. The summed E-state index contributed by atoms with van der Waals surface area (Å²) in [6, 6.07) is 16.5. The summed E-state index contributed by atoms with van der Waals surface area (Å²) in [6.45, 7) is 5.62. The van der Waals surface area contributed by atoms with Gasteiger partial charge in [-0.25, -0.2) is 18.9 Å². The van der Waals surface area contributed by atoms with Gasteiger partial charge in [0.2, 0.25) is 5.91 Å². The fourth-order valence-electron chi connectivity index (χ4n) is 4.60. The van der Waals surface area contributed by atoms with Crippen molar-refractivity contribution in [1.82, 2.24) is 20.1 Å². The van der Waals surface area contributed by atoms with E-state index in [1.54, 1.807) is 24.3 Å². The molecule has 4 aromatic rings. The first-order chi connectivity index (χ1) is 21.4. The number of thioether (sulfide) groups is 1. The SMILES string of the molecule is Cc1ccc(C(C)C)c(N2C(=O)CS/C2=N\C(=O)NCC(F)c2ccc(-c3ncn(-c4ccc(OC(F)(F)F)cc4)n3)cc2)c1. The highest BCUT2D eigenvalue weighted by atomic mass is 32.2. The summed E-state index contributed by atoms with van der Waals surface area (Å²) < 4.78 is 57.5. The molecule has 1 aromatic heterocycles. The molecule has 1 aliphatic heterocycles. The topological polar surface area (TPSA) is 102 Å². The van der Waals surface area contributed by atoms with E-state index in [2.05, 4.69) is 25.1 Å². The van der Waals surface area contributed by atoms with E-state index in [1.165, 1.54) is 40.2 Å². The molecule has 1 aliphatic rings. The molecule has 5 rings (SSSR count). The van der Waals surface area contributed by atoms with Crippen molar-refractivity contribution in [2.75, 3.05) is 17.2 Å². The number of anilines is 1. The maximum Gasteiger partial charge on any atom is 0.573 e. The van der Waals surface area contributed by atoms with Crippen molar-refractivity contribution >= 4 is 34.6 Å². The Balaban J connectivity index is 1.20. The van der Waals surface area contributed by atoms with E-state index in [-0.39, 0.29) is 35.0 Å². The van der Waals surface area contributed by atoms with E-state index in [4.69, 9.17) is 0 Å². The van der Waals surface area contributed by atoms with Gasteiger partial charge in [-0.05, 0) is 59.9 Å². The summed E-state index contributed by atoms with van der Waals surface area (Å²) in [4.78, 5) is 35.1. The molecule has 45 heavy (non-hydrogen) atoms. The molecule has 14 heteroatoms. The second-order valence-electron chi connectivity index (χ2n) is 10.5. The first-order valence-electron chi connectivity index (χ1n) is 13.8. The molecule has 1 N–H and O–H groups in total. The predicted octanol–water partition coefficient (Wildman–Crippen LogP) is 7.12. The summed E-state index contributed by atoms with van der Waals surface area (Å²) in [6.07, 6.45) is -4.92. The highest BCUT2D eigenvalue weighted by molar-refractivity contribution is 8.15. The van der Waals surface area contributed by atoms with Crippen LogP contribution in [0.1, 0.15) is 42.6 Å². The summed E-state index contributed by atoms with van der Waals surface area (Å²) in [5.41, 5.74) is 3.95. The number of amides is 3. The molecule has 3 amide bonds. The highest BCUT2D eigenvalue weighted by Crippen LogP contribution is 2.34. The zero-order chi connectivity index (χ0) is 32.3. The number of ether oxygens (including phenoxy) is 1. The van der Waals surface area contributed by atoms with E-state index in [1.807, 2.05) is 39.0 Å². The number of aliphatic imine (C=N–C) groups is 1. The van der Waals surface area contributed by atoms with Gasteiger partial charge in [0.15, 0.2) is 11.0 Å². The number of hydrogen-bond acceptors (Lipinski definition) is 6. The molecule has 3 aromatic carbocycles.